The Morgan fingerprint density at radius 1 is 1.58 bits per heavy atom. The van der Waals surface area contributed by atoms with Crippen molar-refractivity contribution in [2.75, 3.05) is 12.4 Å². The minimum atomic E-state index is -0.142. The zero-order valence-corrected chi connectivity index (χ0v) is 13.1. The van der Waals surface area contributed by atoms with Crippen LogP contribution in [0.5, 0.6) is 0 Å². The summed E-state index contributed by atoms with van der Waals surface area (Å²) in [5, 5.41) is 19.0. The number of aryl methyl sites for hydroxylation is 2. The van der Waals surface area contributed by atoms with Crippen LogP contribution in [0.25, 0.3) is 0 Å². The van der Waals surface area contributed by atoms with E-state index >= 15 is 0 Å². The van der Waals surface area contributed by atoms with Gasteiger partial charge in [-0.3, -0.25) is 4.68 Å². The lowest BCUT2D eigenvalue weighted by Gasteiger charge is -2.35. The number of nitrogens with zero attached hydrogens (tertiary/aromatic N) is 2. The van der Waals surface area contributed by atoms with Crippen molar-refractivity contribution in [2.45, 2.75) is 50.2 Å². The smallest absolute Gasteiger partial charge is 0.0939 e. The average Bonchev–Trinajstić information content (AvgIpc) is 3.12. The second-order valence-electron chi connectivity index (χ2n) is 5.92. The monoisotopic (exact) mass is 283 g/mol. The number of rotatable bonds is 7. The Labute approximate surface area is 120 Å². The van der Waals surface area contributed by atoms with Crippen LogP contribution < -0.4 is 5.32 Å². The Kier molecular flexibility index (Phi) is 4.58. The molecule has 0 spiro atoms. The SMILES string of the molecule is Cc1cc(SCC(CO)(NC(C)C)C2CC2)n(C)n1. The molecule has 1 aliphatic carbocycles. The molecule has 108 valence electrons. The molecule has 1 aromatic rings. The van der Waals surface area contributed by atoms with Crippen molar-refractivity contribution in [3.63, 3.8) is 0 Å². The highest BCUT2D eigenvalue weighted by molar-refractivity contribution is 7.99. The van der Waals surface area contributed by atoms with Crippen LogP contribution in [0.4, 0.5) is 0 Å². The summed E-state index contributed by atoms with van der Waals surface area (Å²) in [6.45, 7) is 6.51. The molecule has 19 heavy (non-hydrogen) atoms. The van der Waals surface area contributed by atoms with Crippen molar-refractivity contribution >= 4 is 11.8 Å². The zero-order chi connectivity index (χ0) is 14.0. The molecule has 1 atom stereocenters. The summed E-state index contributed by atoms with van der Waals surface area (Å²) in [4.78, 5) is 0. The Balaban J connectivity index is 2.05. The molecular weight excluding hydrogens is 258 g/mol. The van der Waals surface area contributed by atoms with E-state index in [0.29, 0.717) is 12.0 Å². The van der Waals surface area contributed by atoms with Crippen molar-refractivity contribution in [1.82, 2.24) is 15.1 Å². The maximum Gasteiger partial charge on any atom is 0.0939 e. The van der Waals surface area contributed by atoms with Crippen LogP contribution in [0.3, 0.4) is 0 Å². The summed E-state index contributed by atoms with van der Waals surface area (Å²) < 4.78 is 1.92. The number of hydrogen-bond donors (Lipinski definition) is 2. The number of nitrogens with one attached hydrogen (secondary N) is 1. The maximum atomic E-state index is 9.89. The second kappa shape index (κ2) is 5.85. The van der Waals surface area contributed by atoms with Crippen molar-refractivity contribution < 1.29 is 5.11 Å². The van der Waals surface area contributed by atoms with E-state index in [-0.39, 0.29) is 12.1 Å². The molecule has 4 nitrogen and oxygen atoms in total. The highest BCUT2D eigenvalue weighted by Gasteiger charge is 2.45. The van der Waals surface area contributed by atoms with Crippen LogP contribution >= 0.6 is 11.8 Å². The topological polar surface area (TPSA) is 50.1 Å². The van der Waals surface area contributed by atoms with Gasteiger partial charge in [0.15, 0.2) is 0 Å². The van der Waals surface area contributed by atoms with E-state index in [4.69, 9.17) is 0 Å². The molecule has 0 aromatic carbocycles. The Bertz CT molecular complexity index is 428. The van der Waals surface area contributed by atoms with Crippen LogP contribution in [0.2, 0.25) is 0 Å². The first kappa shape index (κ1) is 14.9. The molecule has 0 saturated heterocycles. The fourth-order valence-electron chi connectivity index (χ4n) is 2.63. The molecule has 2 rings (SSSR count). The van der Waals surface area contributed by atoms with E-state index < -0.39 is 0 Å². The Morgan fingerprint density at radius 3 is 2.68 bits per heavy atom. The summed E-state index contributed by atoms with van der Waals surface area (Å²) in [5.74, 6) is 1.51. The fourth-order valence-corrected chi connectivity index (χ4v) is 3.93. The quantitative estimate of drug-likeness (QED) is 0.751. The Morgan fingerprint density at radius 2 is 2.26 bits per heavy atom. The van der Waals surface area contributed by atoms with E-state index in [1.807, 2.05) is 18.7 Å². The van der Waals surface area contributed by atoms with Gasteiger partial charge in [-0.1, -0.05) is 13.8 Å². The van der Waals surface area contributed by atoms with Gasteiger partial charge < -0.3 is 10.4 Å². The second-order valence-corrected chi connectivity index (χ2v) is 6.92. The van der Waals surface area contributed by atoms with Gasteiger partial charge >= 0.3 is 0 Å². The van der Waals surface area contributed by atoms with Gasteiger partial charge in [0, 0.05) is 18.8 Å². The van der Waals surface area contributed by atoms with Crippen molar-refractivity contribution in [3.8, 4) is 0 Å². The van der Waals surface area contributed by atoms with Gasteiger partial charge in [-0.2, -0.15) is 5.10 Å². The Hall–Kier alpha value is -0.520. The molecular formula is C14H25N3OS. The van der Waals surface area contributed by atoms with Gasteiger partial charge in [-0.15, -0.1) is 11.8 Å². The summed E-state index contributed by atoms with van der Waals surface area (Å²) in [7, 11) is 1.98. The van der Waals surface area contributed by atoms with Gasteiger partial charge in [0.1, 0.15) is 0 Å². The first-order valence-corrected chi connectivity index (χ1v) is 7.97. The third kappa shape index (κ3) is 3.52. The van der Waals surface area contributed by atoms with Crippen LogP contribution in [0.1, 0.15) is 32.4 Å². The molecule has 1 fully saturated rings. The van der Waals surface area contributed by atoms with E-state index in [1.165, 1.54) is 17.9 Å². The average molecular weight is 283 g/mol. The highest BCUT2D eigenvalue weighted by atomic mass is 32.2. The van der Waals surface area contributed by atoms with Gasteiger partial charge in [-0.25, -0.2) is 0 Å². The van der Waals surface area contributed by atoms with Crippen LogP contribution in [-0.2, 0) is 7.05 Å². The standard InChI is InChI=1S/C14H25N3OS/c1-10(2)15-14(8-18,12-5-6-12)9-19-13-7-11(3)16-17(13)4/h7,10,12,15,18H,5-6,8-9H2,1-4H3. The van der Waals surface area contributed by atoms with Crippen LogP contribution in [0, 0.1) is 12.8 Å². The first-order chi connectivity index (χ1) is 8.97. The molecule has 0 bridgehead atoms. The predicted molar refractivity (Wildman–Crippen MR) is 79.5 cm³/mol. The number of aliphatic hydroxyl groups excluding tert-OH is 1. The summed E-state index contributed by atoms with van der Waals surface area (Å²) >= 11 is 1.79. The molecule has 2 N–H and O–H groups in total. The highest BCUT2D eigenvalue weighted by Crippen LogP contribution is 2.42. The third-order valence-electron chi connectivity index (χ3n) is 3.65. The predicted octanol–water partition coefficient (Wildman–Crippen LogP) is 1.96. The van der Waals surface area contributed by atoms with Crippen molar-refractivity contribution in [2.24, 2.45) is 13.0 Å². The molecule has 5 heteroatoms. The van der Waals surface area contributed by atoms with Crippen molar-refractivity contribution in [1.29, 1.82) is 0 Å². The lowest BCUT2D eigenvalue weighted by Crippen LogP contribution is -2.55. The maximum absolute atomic E-state index is 9.89. The van der Waals surface area contributed by atoms with Gasteiger partial charge in [-0.05, 0) is 31.7 Å². The number of aliphatic hydroxyl groups is 1. The zero-order valence-electron chi connectivity index (χ0n) is 12.3. The van der Waals surface area contributed by atoms with E-state index in [1.54, 1.807) is 11.8 Å². The molecule has 1 aliphatic rings. The lowest BCUT2D eigenvalue weighted by molar-refractivity contribution is 0.150. The van der Waals surface area contributed by atoms with Crippen molar-refractivity contribution in [3.05, 3.63) is 11.8 Å². The summed E-state index contributed by atoms with van der Waals surface area (Å²) in [5.41, 5.74) is 0.902. The number of thioether (sulfide) groups is 1. The summed E-state index contributed by atoms with van der Waals surface area (Å²) in [6, 6.07) is 2.50. The molecule has 1 aromatic heterocycles. The molecule has 1 unspecified atom stereocenters. The third-order valence-corrected chi connectivity index (χ3v) is 4.99. The molecule has 1 saturated carbocycles. The van der Waals surface area contributed by atoms with E-state index in [0.717, 1.165) is 11.4 Å². The van der Waals surface area contributed by atoms with Crippen LogP contribution in [-0.4, -0.2) is 38.8 Å². The summed E-state index contributed by atoms with van der Waals surface area (Å²) in [6.07, 6.45) is 2.45. The minimum Gasteiger partial charge on any atom is -0.394 e. The minimum absolute atomic E-state index is 0.142. The molecule has 0 aliphatic heterocycles. The van der Waals surface area contributed by atoms with Crippen LogP contribution in [0.15, 0.2) is 11.1 Å². The van der Waals surface area contributed by atoms with Gasteiger partial charge in [0.25, 0.3) is 0 Å². The lowest BCUT2D eigenvalue weighted by atomic mass is 9.95. The van der Waals surface area contributed by atoms with Gasteiger partial charge in [0.2, 0.25) is 0 Å². The normalized spacial score (nSPS) is 18.8. The van der Waals surface area contributed by atoms with E-state index in [2.05, 4.69) is 30.3 Å². The largest absolute Gasteiger partial charge is 0.394 e. The molecule has 1 heterocycles. The molecule has 0 amide bonds. The first-order valence-electron chi connectivity index (χ1n) is 6.99. The fraction of sp³-hybridized carbons (Fsp3) is 0.786. The number of aromatic nitrogens is 2. The number of hydrogen-bond acceptors (Lipinski definition) is 4. The van der Waals surface area contributed by atoms with E-state index in [9.17, 15) is 5.11 Å². The molecule has 0 radical (unpaired) electrons. The van der Waals surface area contributed by atoms with Gasteiger partial charge in [0.05, 0.1) is 22.9 Å².